The molecule has 0 aliphatic carbocycles. The maximum Gasteiger partial charge on any atom is 0.331 e. The molecule has 0 saturated heterocycles. The first-order valence-electron chi connectivity index (χ1n) is 15.1. The number of aromatic nitrogens is 2. The highest BCUT2D eigenvalue weighted by Gasteiger charge is 2.16. The number of benzene rings is 4. The van der Waals surface area contributed by atoms with Crippen LogP contribution in [0.5, 0.6) is 0 Å². The van der Waals surface area contributed by atoms with E-state index in [0.717, 1.165) is 82.3 Å². The van der Waals surface area contributed by atoms with Crippen molar-refractivity contribution in [2.24, 2.45) is 0 Å². The number of carboxylic acid groups (broad SMARTS) is 1. The SMILES string of the molecule is CCN(CC)c1ccc(-c2nc(-c3ccc(C=CC(=O)O)cc3)c(-c3ccc(C=CC(=O)OCc4cc(F)ccc4F)cc3)[nH]2)cc1. The predicted octanol–water partition coefficient (Wildman–Crippen LogP) is 8.39. The number of ether oxygens (including phenoxy) is 1. The Hall–Kier alpha value is -5.83. The van der Waals surface area contributed by atoms with Gasteiger partial charge in [0.2, 0.25) is 0 Å². The molecule has 0 saturated carbocycles. The molecular formula is C38H33F2N3O4. The first-order valence-corrected chi connectivity index (χ1v) is 15.1. The van der Waals surface area contributed by atoms with Crippen LogP contribution in [-0.2, 0) is 20.9 Å². The topological polar surface area (TPSA) is 95.5 Å². The molecule has 0 radical (unpaired) electrons. The number of carbonyl (C=O) groups is 2. The van der Waals surface area contributed by atoms with Gasteiger partial charge in [-0.1, -0.05) is 48.5 Å². The molecule has 0 aliphatic heterocycles. The van der Waals surface area contributed by atoms with Crippen LogP contribution in [0, 0.1) is 11.6 Å². The molecule has 0 bridgehead atoms. The van der Waals surface area contributed by atoms with E-state index in [0.29, 0.717) is 5.82 Å². The van der Waals surface area contributed by atoms with Crippen molar-refractivity contribution in [3.63, 3.8) is 0 Å². The second kappa shape index (κ2) is 15.0. The van der Waals surface area contributed by atoms with E-state index in [9.17, 15) is 18.4 Å². The molecule has 0 unspecified atom stereocenters. The van der Waals surface area contributed by atoms with Crippen molar-refractivity contribution in [2.75, 3.05) is 18.0 Å². The number of H-pyrrole nitrogens is 1. The average molecular weight is 634 g/mol. The number of aliphatic carboxylic acids is 1. The van der Waals surface area contributed by atoms with Crippen molar-refractivity contribution < 1.29 is 28.2 Å². The molecule has 1 aromatic heterocycles. The average Bonchev–Trinajstić information content (AvgIpc) is 3.54. The monoisotopic (exact) mass is 633 g/mol. The number of hydrogen-bond acceptors (Lipinski definition) is 5. The first-order chi connectivity index (χ1) is 22.7. The Balaban J connectivity index is 1.40. The molecule has 5 aromatic rings. The molecule has 0 atom stereocenters. The zero-order chi connectivity index (χ0) is 33.3. The lowest BCUT2D eigenvalue weighted by molar-refractivity contribution is -0.139. The van der Waals surface area contributed by atoms with Gasteiger partial charge in [0.05, 0.1) is 11.4 Å². The number of imidazole rings is 1. The number of anilines is 1. The smallest absolute Gasteiger partial charge is 0.331 e. The number of hydrogen-bond donors (Lipinski definition) is 2. The standard InChI is InChI=1S/C38H33F2N3O4/c1-3-43(4-2)32-18-15-29(16-19-32)38-41-36(27-11-5-25(6-12-27)9-21-34(44)45)37(42-38)28-13-7-26(8-14-28)10-22-35(46)47-24-30-23-31(39)17-20-33(30)40/h5-23H,3-4,24H2,1-2H3,(H,41,42)(H,44,45). The third-order valence-corrected chi connectivity index (χ3v) is 7.56. The molecule has 7 nitrogen and oxygen atoms in total. The fraction of sp³-hybridized carbons (Fsp3) is 0.132. The third kappa shape index (κ3) is 8.26. The van der Waals surface area contributed by atoms with E-state index in [1.54, 1.807) is 6.08 Å². The molecule has 2 N–H and O–H groups in total. The highest BCUT2D eigenvalue weighted by molar-refractivity contribution is 5.88. The predicted molar refractivity (Wildman–Crippen MR) is 180 cm³/mol. The van der Waals surface area contributed by atoms with E-state index < -0.39 is 23.6 Å². The van der Waals surface area contributed by atoms with Gasteiger partial charge in [-0.25, -0.2) is 23.4 Å². The van der Waals surface area contributed by atoms with E-state index in [-0.39, 0.29) is 12.2 Å². The van der Waals surface area contributed by atoms with Gasteiger partial charge in [-0.15, -0.1) is 0 Å². The molecule has 0 fully saturated rings. The van der Waals surface area contributed by atoms with Gasteiger partial charge in [0.15, 0.2) is 0 Å². The van der Waals surface area contributed by atoms with Crippen LogP contribution in [0.25, 0.3) is 46.1 Å². The van der Waals surface area contributed by atoms with Crippen molar-refractivity contribution >= 4 is 29.8 Å². The van der Waals surface area contributed by atoms with Crippen LogP contribution in [0.3, 0.4) is 0 Å². The molecule has 0 aliphatic rings. The Bertz CT molecular complexity index is 1910. The summed E-state index contributed by atoms with van der Waals surface area (Å²) in [6.07, 6.45) is 5.43. The molecule has 5 rings (SSSR count). The minimum atomic E-state index is -1.02. The minimum Gasteiger partial charge on any atom is -0.478 e. The highest BCUT2D eigenvalue weighted by atomic mass is 19.1. The van der Waals surface area contributed by atoms with E-state index in [4.69, 9.17) is 14.8 Å². The van der Waals surface area contributed by atoms with Crippen LogP contribution in [-0.4, -0.2) is 40.1 Å². The summed E-state index contributed by atoms with van der Waals surface area (Å²) in [4.78, 5) is 33.9. The van der Waals surface area contributed by atoms with Gasteiger partial charge in [0.1, 0.15) is 24.1 Å². The van der Waals surface area contributed by atoms with E-state index in [1.807, 2.05) is 60.7 Å². The number of nitrogens with one attached hydrogen (secondary N) is 1. The lowest BCUT2D eigenvalue weighted by Gasteiger charge is -2.20. The minimum absolute atomic E-state index is 0.0444. The van der Waals surface area contributed by atoms with Crippen molar-refractivity contribution in [3.8, 4) is 33.9 Å². The maximum absolute atomic E-state index is 13.8. The number of nitrogens with zero attached hydrogens (tertiary/aromatic N) is 2. The van der Waals surface area contributed by atoms with E-state index in [2.05, 4.69) is 35.9 Å². The van der Waals surface area contributed by atoms with Crippen LogP contribution in [0.1, 0.15) is 30.5 Å². The summed E-state index contributed by atoms with van der Waals surface area (Å²) in [6.45, 7) is 5.67. The summed E-state index contributed by atoms with van der Waals surface area (Å²) in [5.74, 6) is -2.28. The summed E-state index contributed by atoms with van der Waals surface area (Å²) in [7, 11) is 0. The van der Waals surface area contributed by atoms with Gasteiger partial charge in [-0.05, 0) is 79.6 Å². The van der Waals surface area contributed by atoms with Gasteiger partial charge in [0, 0.05) is 53.2 Å². The number of carboxylic acids is 1. The van der Waals surface area contributed by atoms with Crippen LogP contribution in [0.2, 0.25) is 0 Å². The quantitative estimate of drug-likeness (QED) is 0.106. The third-order valence-electron chi connectivity index (χ3n) is 7.56. The molecule has 0 spiro atoms. The Morgan fingerprint density at radius 1 is 0.809 bits per heavy atom. The Morgan fingerprint density at radius 3 is 2.02 bits per heavy atom. The summed E-state index contributed by atoms with van der Waals surface area (Å²) >= 11 is 0. The lowest BCUT2D eigenvalue weighted by atomic mass is 10.0. The summed E-state index contributed by atoms with van der Waals surface area (Å²) in [6, 6.07) is 26.2. The number of rotatable bonds is 12. The largest absolute Gasteiger partial charge is 0.478 e. The molecule has 0 amide bonds. The van der Waals surface area contributed by atoms with Crippen molar-refractivity contribution in [1.82, 2.24) is 9.97 Å². The first kappa shape index (κ1) is 32.6. The highest BCUT2D eigenvalue weighted by Crippen LogP contribution is 2.34. The fourth-order valence-electron chi connectivity index (χ4n) is 5.04. The molecule has 4 aromatic carbocycles. The van der Waals surface area contributed by atoms with Gasteiger partial charge in [-0.2, -0.15) is 0 Å². The molecule has 238 valence electrons. The van der Waals surface area contributed by atoms with Crippen molar-refractivity contribution in [1.29, 1.82) is 0 Å². The van der Waals surface area contributed by atoms with Gasteiger partial charge in [0.25, 0.3) is 0 Å². The number of carbonyl (C=O) groups excluding carboxylic acids is 1. The second-order valence-electron chi connectivity index (χ2n) is 10.6. The molecule has 47 heavy (non-hydrogen) atoms. The molecular weight excluding hydrogens is 600 g/mol. The van der Waals surface area contributed by atoms with Crippen LogP contribution >= 0.6 is 0 Å². The van der Waals surface area contributed by atoms with Crippen LogP contribution < -0.4 is 4.90 Å². The number of esters is 1. The van der Waals surface area contributed by atoms with Gasteiger partial charge in [-0.3, -0.25) is 0 Å². The number of aromatic amines is 1. The summed E-state index contributed by atoms with van der Waals surface area (Å²) in [5.41, 5.74) is 6.69. The summed E-state index contributed by atoms with van der Waals surface area (Å²) < 4.78 is 32.3. The van der Waals surface area contributed by atoms with Crippen molar-refractivity contribution in [2.45, 2.75) is 20.5 Å². The Morgan fingerprint density at radius 2 is 1.40 bits per heavy atom. The zero-order valence-corrected chi connectivity index (χ0v) is 25.9. The Kier molecular flexibility index (Phi) is 10.4. The van der Waals surface area contributed by atoms with Gasteiger partial charge >= 0.3 is 11.9 Å². The summed E-state index contributed by atoms with van der Waals surface area (Å²) in [5, 5.41) is 8.97. The zero-order valence-electron chi connectivity index (χ0n) is 25.9. The van der Waals surface area contributed by atoms with Gasteiger partial charge < -0.3 is 19.7 Å². The fourth-order valence-corrected chi connectivity index (χ4v) is 5.04. The van der Waals surface area contributed by atoms with E-state index in [1.165, 1.54) is 12.2 Å². The normalized spacial score (nSPS) is 11.3. The Labute approximate surface area is 271 Å². The molecule has 1 heterocycles. The lowest BCUT2D eigenvalue weighted by Crippen LogP contribution is -2.21. The maximum atomic E-state index is 13.8. The second-order valence-corrected chi connectivity index (χ2v) is 10.6. The van der Waals surface area contributed by atoms with Crippen LogP contribution in [0.4, 0.5) is 14.5 Å². The van der Waals surface area contributed by atoms with Crippen LogP contribution in [0.15, 0.2) is 103 Å². The van der Waals surface area contributed by atoms with Crippen molar-refractivity contribution in [3.05, 3.63) is 131 Å². The number of halogens is 2. The van der Waals surface area contributed by atoms with E-state index >= 15 is 0 Å². The molecule has 9 heteroatoms.